The summed E-state index contributed by atoms with van der Waals surface area (Å²) >= 11 is 6.05. The summed E-state index contributed by atoms with van der Waals surface area (Å²) in [5.74, 6) is -0.279. The van der Waals surface area contributed by atoms with Crippen molar-refractivity contribution in [1.82, 2.24) is 5.32 Å². The van der Waals surface area contributed by atoms with Gasteiger partial charge in [-0.05, 0) is 35.9 Å². The van der Waals surface area contributed by atoms with Crippen LogP contribution in [0.4, 0.5) is 5.69 Å². The molecule has 3 rings (SSSR count). The van der Waals surface area contributed by atoms with E-state index in [4.69, 9.17) is 21.6 Å². The first-order chi connectivity index (χ1) is 13.0. The van der Waals surface area contributed by atoms with E-state index in [0.717, 1.165) is 5.56 Å². The highest BCUT2D eigenvalue weighted by Gasteiger charge is 2.36. The molecule has 138 valence electrons. The number of benzene rings is 2. The Labute approximate surface area is 162 Å². The fourth-order valence-corrected chi connectivity index (χ4v) is 3.24. The molecule has 2 aromatic carbocycles. The van der Waals surface area contributed by atoms with Gasteiger partial charge in [0, 0.05) is 24.5 Å². The molecule has 1 unspecified atom stereocenters. The molecule has 0 radical (unpaired) electrons. The zero-order chi connectivity index (χ0) is 19.4. The van der Waals surface area contributed by atoms with E-state index in [1.807, 2.05) is 6.07 Å². The summed E-state index contributed by atoms with van der Waals surface area (Å²) in [5, 5.41) is 12.3. The van der Waals surface area contributed by atoms with Crippen molar-refractivity contribution in [2.24, 2.45) is 5.92 Å². The van der Waals surface area contributed by atoms with E-state index >= 15 is 0 Å². The molecular weight excluding hydrogens is 366 g/mol. The molecule has 1 atom stereocenters. The van der Waals surface area contributed by atoms with Crippen LogP contribution in [0.5, 0.6) is 5.75 Å². The highest BCUT2D eigenvalue weighted by Crippen LogP contribution is 2.35. The van der Waals surface area contributed by atoms with Gasteiger partial charge in [0.25, 0.3) is 0 Å². The minimum Gasteiger partial charge on any atom is -0.495 e. The molecule has 0 aromatic heterocycles. The van der Waals surface area contributed by atoms with Crippen LogP contribution < -0.4 is 15.0 Å². The lowest BCUT2D eigenvalue weighted by molar-refractivity contribution is -0.126. The molecule has 1 aliphatic rings. The van der Waals surface area contributed by atoms with Crippen LogP contribution in [0.1, 0.15) is 17.5 Å². The van der Waals surface area contributed by atoms with Gasteiger partial charge in [-0.3, -0.25) is 9.59 Å². The van der Waals surface area contributed by atoms with Crippen LogP contribution in [0.3, 0.4) is 0 Å². The predicted octanol–water partition coefficient (Wildman–Crippen LogP) is 2.89. The van der Waals surface area contributed by atoms with Crippen molar-refractivity contribution in [3.8, 4) is 11.8 Å². The van der Waals surface area contributed by atoms with Gasteiger partial charge in [0.1, 0.15) is 5.75 Å². The maximum absolute atomic E-state index is 12.5. The van der Waals surface area contributed by atoms with Gasteiger partial charge in [-0.15, -0.1) is 0 Å². The molecule has 1 N–H and O–H groups in total. The lowest BCUT2D eigenvalue weighted by atomic mass is 10.1. The molecule has 1 fully saturated rings. The molecule has 0 aliphatic carbocycles. The Balaban J connectivity index is 1.67. The molecule has 0 spiro atoms. The van der Waals surface area contributed by atoms with E-state index in [9.17, 15) is 9.59 Å². The summed E-state index contributed by atoms with van der Waals surface area (Å²) in [7, 11) is 1.52. The van der Waals surface area contributed by atoms with Crippen molar-refractivity contribution in [3.63, 3.8) is 0 Å². The third-order valence-corrected chi connectivity index (χ3v) is 4.69. The van der Waals surface area contributed by atoms with E-state index in [0.29, 0.717) is 28.6 Å². The highest BCUT2D eigenvalue weighted by molar-refractivity contribution is 6.31. The van der Waals surface area contributed by atoms with Gasteiger partial charge in [-0.2, -0.15) is 5.26 Å². The van der Waals surface area contributed by atoms with E-state index in [-0.39, 0.29) is 24.8 Å². The maximum Gasteiger partial charge on any atom is 0.227 e. The molecule has 0 saturated carbocycles. The zero-order valence-electron chi connectivity index (χ0n) is 14.7. The molecule has 1 saturated heterocycles. The number of nitrogens with one attached hydrogen (secondary N) is 1. The van der Waals surface area contributed by atoms with Crippen molar-refractivity contribution in [1.29, 1.82) is 5.26 Å². The van der Waals surface area contributed by atoms with E-state index < -0.39 is 5.92 Å². The number of halogens is 1. The Morgan fingerprint density at radius 2 is 2.19 bits per heavy atom. The summed E-state index contributed by atoms with van der Waals surface area (Å²) in [5.41, 5.74) is 1.93. The van der Waals surface area contributed by atoms with Gasteiger partial charge in [0.2, 0.25) is 11.8 Å². The van der Waals surface area contributed by atoms with E-state index in [2.05, 4.69) is 11.4 Å². The van der Waals surface area contributed by atoms with Crippen LogP contribution in [0.15, 0.2) is 42.5 Å². The molecule has 27 heavy (non-hydrogen) atoms. The molecule has 1 heterocycles. The molecular formula is C20H18ClN3O3. The topological polar surface area (TPSA) is 82.4 Å². The third-order valence-electron chi connectivity index (χ3n) is 4.45. The smallest absolute Gasteiger partial charge is 0.227 e. The second-order valence-electron chi connectivity index (χ2n) is 6.25. The Morgan fingerprint density at radius 3 is 2.93 bits per heavy atom. The summed E-state index contributed by atoms with van der Waals surface area (Å²) in [4.78, 5) is 26.5. The van der Waals surface area contributed by atoms with Gasteiger partial charge in [0.05, 0.1) is 30.3 Å². The number of rotatable bonds is 5. The quantitative estimate of drug-likeness (QED) is 0.860. The standard InChI is InChI=1S/C20H18ClN3O3/c1-27-18-6-5-16(21)9-17(18)24-12-15(8-19(24)25)20(26)23-11-14-4-2-3-13(7-14)10-22/h2-7,9,15H,8,11-12H2,1H3,(H,23,26). The SMILES string of the molecule is COc1ccc(Cl)cc1N1CC(C(=O)NCc2cccc(C#N)c2)CC1=O. The molecule has 2 aromatic rings. The van der Waals surface area contributed by atoms with Crippen LogP contribution in [-0.2, 0) is 16.1 Å². The fourth-order valence-electron chi connectivity index (χ4n) is 3.07. The maximum atomic E-state index is 12.5. The Hall–Kier alpha value is -3.04. The van der Waals surface area contributed by atoms with Crippen LogP contribution >= 0.6 is 11.6 Å². The van der Waals surface area contributed by atoms with Crippen molar-refractivity contribution < 1.29 is 14.3 Å². The average Bonchev–Trinajstić information content (AvgIpc) is 3.07. The number of carbonyl (C=O) groups is 2. The number of nitrogens with zero attached hydrogens (tertiary/aromatic N) is 2. The van der Waals surface area contributed by atoms with Crippen LogP contribution in [-0.4, -0.2) is 25.5 Å². The van der Waals surface area contributed by atoms with Gasteiger partial charge in [-0.1, -0.05) is 23.7 Å². The molecule has 2 amide bonds. The monoisotopic (exact) mass is 383 g/mol. The summed E-state index contributed by atoms with van der Waals surface area (Å²) in [6.07, 6.45) is 0.125. The van der Waals surface area contributed by atoms with Gasteiger partial charge in [-0.25, -0.2) is 0 Å². The van der Waals surface area contributed by atoms with Gasteiger partial charge in [0.15, 0.2) is 0 Å². The van der Waals surface area contributed by atoms with Crippen molar-refractivity contribution in [2.45, 2.75) is 13.0 Å². The fraction of sp³-hybridized carbons (Fsp3) is 0.250. The molecule has 0 bridgehead atoms. The summed E-state index contributed by atoms with van der Waals surface area (Å²) in [6.45, 7) is 0.569. The summed E-state index contributed by atoms with van der Waals surface area (Å²) in [6, 6.07) is 14.1. The zero-order valence-corrected chi connectivity index (χ0v) is 15.5. The number of nitriles is 1. The van der Waals surface area contributed by atoms with Crippen LogP contribution in [0, 0.1) is 17.2 Å². The Kier molecular flexibility index (Phi) is 5.63. The number of ether oxygens (including phenoxy) is 1. The minimum absolute atomic E-state index is 0.125. The number of hydrogen-bond acceptors (Lipinski definition) is 4. The van der Waals surface area contributed by atoms with E-state index in [1.165, 1.54) is 12.0 Å². The second-order valence-corrected chi connectivity index (χ2v) is 6.69. The first-order valence-electron chi connectivity index (χ1n) is 8.42. The highest BCUT2D eigenvalue weighted by atomic mass is 35.5. The first kappa shape index (κ1) is 18.7. The predicted molar refractivity (Wildman–Crippen MR) is 101 cm³/mol. The van der Waals surface area contributed by atoms with Crippen molar-refractivity contribution in [2.75, 3.05) is 18.6 Å². The van der Waals surface area contributed by atoms with Crippen LogP contribution in [0.25, 0.3) is 0 Å². The molecule has 1 aliphatic heterocycles. The lowest BCUT2D eigenvalue weighted by Gasteiger charge is -2.20. The van der Waals surface area contributed by atoms with Crippen molar-refractivity contribution in [3.05, 3.63) is 58.6 Å². The Bertz CT molecular complexity index is 923. The lowest BCUT2D eigenvalue weighted by Crippen LogP contribution is -2.32. The van der Waals surface area contributed by atoms with Gasteiger partial charge < -0.3 is 15.0 Å². The second kappa shape index (κ2) is 8.11. The minimum atomic E-state index is -0.458. The van der Waals surface area contributed by atoms with Crippen molar-refractivity contribution >= 4 is 29.1 Å². The number of methoxy groups -OCH3 is 1. The number of anilines is 1. The molecule has 7 heteroatoms. The largest absolute Gasteiger partial charge is 0.495 e. The summed E-state index contributed by atoms with van der Waals surface area (Å²) < 4.78 is 5.30. The first-order valence-corrected chi connectivity index (χ1v) is 8.80. The number of carbonyl (C=O) groups excluding carboxylic acids is 2. The van der Waals surface area contributed by atoms with Gasteiger partial charge >= 0.3 is 0 Å². The Morgan fingerprint density at radius 1 is 1.37 bits per heavy atom. The number of hydrogen-bond donors (Lipinski definition) is 1. The molecule has 6 nitrogen and oxygen atoms in total. The van der Waals surface area contributed by atoms with Crippen LogP contribution in [0.2, 0.25) is 5.02 Å². The normalized spacial score (nSPS) is 16.1. The average molecular weight is 384 g/mol. The third kappa shape index (κ3) is 4.21. The van der Waals surface area contributed by atoms with E-state index in [1.54, 1.807) is 36.4 Å². The number of amides is 2.